The molecule has 1 rings (SSSR count). The van der Waals surface area contributed by atoms with Crippen molar-refractivity contribution < 1.29 is 9.53 Å². The molecule has 0 bridgehead atoms. The van der Waals surface area contributed by atoms with Gasteiger partial charge in [-0.3, -0.25) is 4.79 Å². The van der Waals surface area contributed by atoms with E-state index in [1.807, 2.05) is 7.05 Å². The van der Waals surface area contributed by atoms with Gasteiger partial charge in [0.05, 0.1) is 12.0 Å². The van der Waals surface area contributed by atoms with Crippen molar-refractivity contribution in [3.05, 3.63) is 0 Å². The minimum absolute atomic E-state index is 0.0665. The van der Waals surface area contributed by atoms with Crippen LogP contribution in [0.25, 0.3) is 0 Å². The summed E-state index contributed by atoms with van der Waals surface area (Å²) in [6.45, 7) is 4.30. The fourth-order valence-electron chi connectivity index (χ4n) is 1.79. The monoisotopic (exact) mass is 200 g/mol. The minimum Gasteiger partial charge on any atom is -0.377 e. The molecule has 0 aliphatic carbocycles. The van der Waals surface area contributed by atoms with Gasteiger partial charge < -0.3 is 15.4 Å². The summed E-state index contributed by atoms with van der Waals surface area (Å²) < 4.78 is 5.47. The van der Waals surface area contributed by atoms with Gasteiger partial charge in [-0.25, -0.2) is 0 Å². The Kier molecular flexibility index (Phi) is 4.90. The van der Waals surface area contributed by atoms with E-state index in [1.54, 1.807) is 0 Å². The predicted molar refractivity (Wildman–Crippen MR) is 55.1 cm³/mol. The lowest BCUT2D eigenvalue weighted by Gasteiger charge is -2.16. The van der Waals surface area contributed by atoms with Crippen LogP contribution in [0.4, 0.5) is 0 Å². The highest BCUT2D eigenvalue weighted by Crippen LogP contribution is 2.23. The first kappa shape index (κ1) is 11.5. The normalized spacial score (nSPS) is 26.4. The second-order valence-corrected chi connectivity index (χ2v) is 3.61. The predicted octanol–water partition coefficient (Wildman–Crippen LogP) is 0.137. The Hall–Kier alpha value is -0.610. The number of carbonyl (C=O) groups excluding carboxylic acids is 1. The number of hydrogen-bond donors (Lipinski definition) is 2. The molecule has 1 aliphatic rings. The van der Waals surface area contributed by atoms with E-state index in [2.05, 4.69) is 17.6 Å². The molecule has 2 N–H and O–H groups in total. The maximum absolute atomic E-state index is 11.7. The topological polar surface area (TPSA) is 50.4 Å². The van der Waals surface area contributed by atoms with Crippen molar-refractivity contribution >= 4 is 5.91 Å². The highest BCUT2D eigenvalue weighted by molar-refractivity contribution is 5.79. The molecule has 14 heavy (non-hydrogen) atoms. The first-order chi connectivity index (χ1) is 6.79. The zero-order valence-corrected chi connectivity index (χ0v) is 9.01. The third kappa shape index (κ3) is 2.96. The molecule has 1 amide bonds. The molecule has 1 aliphatic heterocycles. The van der Waals surface area contributed by atoms with Gasteiger partial charge >= 0.3 is 0 Å². The van der Waals surface area contributed by atoms with Gasteiger partial charge in [-0.15, -0.1) is 0 Å². The molecule has 4 nitrogen and oxygen atoms in total. The van der Waals surface area contributed by atoms with Crippen molar-refractivity contribution in [1.82, 2.24) is 10.6 Å². The Morgan fingerprint density at radius 1 is 1.50 bits per heavy atom. The summed E-state index contributed by atoms with van der Waals surface area (Å²) in [5.74, 6) is 0.210. The molecule has 0 aromatic carbocycles. The zero-order valence-electron chi connectivity index (χ0n) is 9.01. The van der Waals surface area contributed by atoms with Gasteiger partial charge in [0.1, 0.15) is 0 Å². The Balaban J connectivity index is 2.28. The number of carbonyl (C=O) groups is 1. The van der Waals surface area contributed by atoms with Crippen LogP contribution in [0.2, 0.25) is 0 Å². The molecule has 0 saturated carbocycles. The second-order valence-electron chi connectivity index (χ2n) is 3.61. The molecule has 0 aromatic rings. The summed E-state index contributed by atoms with van der Waals surface area (Å²) in [5.41, 5.74) is 0. The van der Waals surface area contributed by atoms with Crippen LogP contribution in [-0.2, 0) is 9.53 Å². The number of ether oxygens (including phenoxy) is 1. The molecule has 82 valence electrons. The summed E-state index contributed by atoms with van der Waals surface area (Å²) in [5, 5.41) is 5.90. The van der Waals surface area contributed by atoms with Crippen LogP contribution in [0.5, 0.6) is 0 Å². The molecule has 2 atom stereocenters. The maximum Gasteiger partial charge on any atom is 0.225 e. The van der Waals surface area contributed by atoms with Gasteiger partial charge in [0.2, 0.25) is 5.91 Å². The third-order valence-corrected chi connectivity index (χ3v) is 2.62. The number of hydrogen-bond acceptors (Lipinski definition) is 3. The molecule has 1 fully saturated rings. The SMILES string of the molecule is CCC1OCCC1C(=O)NCCNC. The van der Waals surface area contributed by atoms with E-state index < -0.39 is 0 Å². The zero-order chi connectivity index (χ0) is 10.4. The lowest BCUT2D eigenvalue weighted by molar-refractivity contribution is -0.126. The van der Waals surface area contributed by atoms with Gasteiger partial charge in [-0.1, -0.05) is 6.92 Å². The number of likely N-dealkylation sites (N-methyl/N-ethyl adjacent to an activating group) is 1. The number of rotatable bonds is 5. The van der Waals surface area contributed by atoms with Crippen LogP contribution >= 0.6 is 0 Å². The summed E-state index contributed by atoms with van der Waals surface area (Å²) in [7, 11) is 1.87. The van der Waals surface area contributed by atoms with E-state index in [-0.39, 0.29) is 17.9 Å². The maximum atomic E-state index is 11.7. The van der Waals surface area contributed by atoms with E-state index >= 15 is 0 Å². The fourth-order valence-corrected chi connectivity index (χ4v) is 1.79. The van der Waals surface area contributed by atoms with Gasteiger partial charge in [0.15, 0.2) is 0 Å². The molecule has 1 heterocycles. The first-order valence-corrected chi connectivity index (χ1v) is 5.33. The van der Waals surface area contributed by atoms with Crippen molar-refractivity contribution in [1.29, 1.82) is 0 Å². The quantitative estimate of drug-likeness (QED) is 0.621. The lowest BCUT2D eigenvalue weighted by atomic mass is 9.99. The Morgan fingerprint density at radius 3 is 2.93 bits per heavy atom. The van der Waals surface area contributed by atoms with Crippen LogP contribution in [-0.4, -0.2) is 38.8 Å². The van der Waals surface area contributed by atoms with Crippen LogP contribution < -0.4 is 10.6 Å². The lowest BCUT2D eigenvalue weighted by Crippen LogP contribution is -2.38. The van der Waals surface area contributed by atoms with Crippen molar-refractivity contribution in [3.63, 3.8) is 0 Å². The van der Waals surface area contributed by atoms with Crippen molar-refractivity contribution in [2.24, 2.45) is 5.92 Å². The highest BCUT2D eigenvalue weighted by Gasteiger charge is 2.32. The largest absolute Gasteiger partial charge is 0.377 e. The smallest absolute Gasteiger partial charge is 0.225 e. The van der Waals surface area contributed by atoms with Gasteiger partial charge in [0.25, 0.3) is 0 Å². The van der Waals surface area contributed by atoms with E-state index in [9.17, 15) is 4.79 Å². The summed E-state index contributed by atoms with van der Waals surface area (Å²) in [4.78, 5) is 11.7. The fraction of sp³-hybridized carbons (Fsp3) is 0.900. The van der Waals surface area contributed by atoms with Crippen LogP contribution in [0.3, 0.4) is 0 Å². The number of amides is 1. The van der Waals surface area contributed by atoms with E-state index in [0.717, 1.165) is 26.0 Å². The standard InChI is InChI=1S/C10H20N2O2/c1-3-9-8(4-7-14-9)10(13)12-6-5-11-2/h8-9,11H,3-7H2,1-2H3,(H,12,13). The summed E-state index contributed by atoms with van der Waals surface area (Å²) in [6.07, 6.45) is 1.91. The molecule has 4 heteroatoms. The van der Waals surface area contributed by atoms with Crippen LogP contribution in [0, 0.1) is 5.92 Å². The van der Waals surface area contributed by atoms with Crippen molar-refractivity contribution in [2.75, 3.05) is 26.7 Å². The molecule has 1 saturated heterocycles. The average molecular weight is 200 g/mol. The van der Waals surface area contributed by atoms with E-state index in [0.29, 0.717) is 6.54 Å². The Morgan fingerprint density at radius 2 is 2.29 bits per heavy atom. The number of nitrogens with one attached hydrogen (secondary N) is 2. The third-order valence-electron chi connectivity index (χ3n) is 2.62. The Labute approximate surface area is 85.4 Å². The van der Waals surface area contributed by atoms with Gasteiger partial charge in [-0.2, -0.15) is 0 Å². The van der Waals surface area contributed by atoms with Gasteiger partial charge in [-0.05, 0) is 19.9 Å². The molecular weight excluding hydrogens is 180 g/mol. The second kappa shape index (κ2) is 5.98. The molecule has 2 unspecified atom stereocenters. The average Bonchev–Trinajstić information content (AvgIpc) is 2.65. The van der Waals surface area contributed by atoms with Crippen molar-refractivity contribution in [2.45, 2.75) is 25.9 Å². The van der Waals surface area contributed by atoms with E-state index in [4.69, 9.17) is 4.74 Å². The minimum atomic E-state index is 0.0665. The van der Waals surface area contributed by atoms with Crippen LogP contribution in [0.15, 0.2) is 0 Å². The van der Waals surface area contributed by atoms with Crippen LogP contribution in [0.1, 0.15) is 19.8 Å². The molecule has 0 radical (unpaired) electrons. The molecule has 0 aromatic heterocycles. The highest BCUT2D eigenvalue weighted by atomic mass is 16.5. The van der Waals surface area contributed by atoms with Gasteiger partial charge in [0, 0.05) is 19.7 Å². The first-order valence-electron chi connectivity index (χ1n) is 5.33. The Bertz CT molecular complexity index is 185. The van der Waals surface area contributed by atoms with E-state index in [1.165, 1.54) is 0 Å². The van der Waals surface area contributed by atoms with Crippen molar-refractivity contribution in [3.8, 4) is 0 Å². The molecule has 0 spiro atoms. The summed E-state index contributed by atoms with van der Waals surface area (Å²) in [6, 6.07) is 0. The molecular formula is C10H20N2O2. The summed E-state index contributed by atoms with van der Waals surface area (Å²) >= 11 is 0.